The maximum absolute atomic E-state index is 14.7. The van der Waals surface area contributed by atoms with E-state index < -0.39 is 46.9 Å². The number of carbonyl (C=O) groups excluding carboxylic acids is 3. The van der Waals surface area contributed by atoms with Gasteiger partial charge in [-0.3, -0.25) is 9.20 Å². The van der Waals surface area contributed by atoms with E-state index in [0.717, 1.165) is 124 Å². The number of ketones is 1. The molecule has 0 fully saturated rings. The summed E-state index contributed by atoms with van der Waals surface area (Å²) in [5.74, 6) is -3.03. The molecule has 14 nitrogen and oxygen atoms in total. The molecule has 24 heteroatoms. The normalized spacial score (nSPS) is 12.9. The van der Waals surface area contributed by atoms with Gasteiger partial charge in [0, 0.05) is 67.4 Å². The van der Waals surface area contributed by atoms with Gasteiger partial charge in [0.2, 0.25) is 4.96 Å². The number of alkyl halides is 3. The van der Waals surface area contributed by atoms with Crippen molar-refractivity contribution < 1.29 is 68.1 Å². The molecule has 0 saturated heterocycles. The molecule has 13 aromatic carbocycles. The van der Waals surface area contributed by atoms with E-state index in [0.29, 0.717) is 50.3 Å². The summed E-state index contributed by atoms with van der Waals surface area (Å²) in [4.78, 5) is 47.6. The largest absolute Gasteiger partial charge is 0.494 e. The van der Waals surface area contributed by atoms with Crippen LogP contribution >= 0.6 is 23.1 Å². The third-order valence-electron chi connectivity index (χ3n) is 23.7. The monoisotopic (exact) mass is 1900 g/mol. The number of ether oxygens (including phenoxy) is 3. The Balaban J connectivity index is 0.000000116. The van der Waals surface area contributed by atoms with E-state index in [9.17, 15) is 49.5 Å². The fourth-order valence-electron chi connectivity index (χ4n) is 16.7. The molecule has 3 aliphatic rings. The summed E-state index contributed by atoms with van der Waals surface area (Å²) >= 11 is 2.61. The van der Waals surface area contributed by atoms with Crippen molar-refractivity contribution >= 4 is 84.7 Å². The zero-order valence-corrected chi connectivity index (χ0v) is 78.6. The number of fused-ring (bicyclic) bond motifs is 6. The van der Waals surface area contributed by atoms with Crippen LogP contribution in [0, 0.1) is 70.6 Å². The number of hydrogen-bond donors (Lipinski definition) is 0. The lowest BCUT2D eigenvalue weighted by Gasteiger charge is -2.21. The van der Waals surface area contributed by atoms with Crippen LogP contribution in [-0.4, -0.2) is 70.8 Å². The van der Waals surface area contributed by atoms with Crippen LogP contribution in [0.15, 0.2) is 343 Å². The third-order valence-corrected chi connectivity index (χ3v) is 25.9. The van der Waals surface area contributed by atoms with Crippen molar-refractivity contribution in [1.29, 1.82) is 0 Å². The average molecular weight is 1900 g/mol. The Kier molecular flexibility index (Phi) is 27.7. The Morgan fingerprint density at radius 3 is 1.65 bits per heavy atom. The number of rotatable bonds is 13. The van der Waals surface area contributed by atoms with Gasteiger partial charge in [-0.2, -0.15) is 23.4 Å². The van der Waals surface area contributed by atoms with Crippen molar-refractivity contribution in [2.24, 2.45) is 0 Å². The van der Waals surface area contributed by atoms with Crippen molar-refractivity contribution in [2.45, 2.75) is 84.7 Å². The van der Waals surface area contributed by atoms with E-state index in [-0.39, 0.29) is 51.7 Å². The zero-order valence-electron chi connectivity index (χ0n) is 77.0. The molecule has 0 bridgehead atoms. The molecule has 19 aromatic rings. The standard InChI is InChI=1S/C22H17FN2O.C21H16O.C19H14F4N2OS.C19H17FO2.C17H12F2O2.C17H13N3S/c1-14-5-7-16(8-6-14)20-21(17-9-11-18(23)12-10-17)25-13-3-4-19(15(2)26)22(25)24-20;1-15-11-13-17(14-12-15)21-20(16-7-3-2-4-8-16)18-9-5-6-10-19(18)22-21;1-10-3-5-11(6-4-10)25-16-12-7-8-14(26-2)15(20)13(12)9-27-17(16)18(24-25)19(21,22)23;1-12-7-9-13(10-8-12)17-16(18(21)22-19(17,2)3)14-5-4-6-15(20)11-14;1-10-2-4-11(5-3-10)13-9-21-17(20)16(13)12-6-7-14(18)15(19)8-12;1-12-7-9-14(10-8-12)16-15(13-5-3-2-4-6-13)20-17(21-16)18-11-19-20/h3-13H,1-2H3;2-14H,1H3;3-8H,9H2,1-2H3;4-11H,1-3H3;2-8H,9H2,1H3;2-11H,1H3. The molecule has 0 aliphatic carbocycles. The lowest BCUT2D eigenvalue weighted by Crippen LogP contribution is -2.22. The fraction of sp³-hybridized carbons (Fsp3) is 0.122. The highest BCUT2D eigenvalue weighted by atomic mass is 32.2. The number of aromatic nitrogens is 7. The maximum Gasteiger partial charge on any atom is 0.436 e. The number of thioether (sulfide) groups is 1. The second-order valence-electron chi connectivity index (χ2n) is 34.0. The number of Topliss-reactive ketones (excluding diaryl/α,β-unsaturated/α-hetero) is 1. The number of para-hydroxylation sites is 1. The van der Waals surface area contributed by atoms with Crippen LogP contribution < -0.4 is 4.74 Å². The molecule has 22 rings (SSSR count). The van der Waals surface area contributed by atoms with Crippen LogP contribution in [0.25, 0.3) is 127 Å². The van der Waals surface area contributed by atoms with Crippen LogP contribution in [0.4, 0.5) is 35.1 Å². The number of cyclic esters (lactones) is 2. The fourth-order valence-corrected chi connectivity index (χ4v) is 19.0. The predicted molar refractivity (Wildman–Crippen MR) is 534 cm³/mol. The summed E-state index contributed by atoms with van der Waals surface area (Å²) < 4.78 is 136. The topological polar surface area (TPSA) is 157 Å². The third kappa shape index (κ3) is 20.4. The van der Waals surface area contributed by atoms with Crippen molar-refractivity contribution in [3.05, 3.63) is 436 Å². The number of imidazole rings is 1. The van der Waals surface area contributed by atoms with Crippen LogP contribution in [0.2, 0.25) is 0 Å². The van der Waals surface area contributed by atoms with Crippen LogP contribution in [0.3, 0.4) is 0 Å². The number of carbonyl (C=O) groups is 3. The minimum Gasteiger partial charge on any atom is -0.494 e. The second kappa shape index (κ2) is 40.6. The van der Waals surface area contributed by atoms with Gasteiger partial charge in [-0.05, 0) is 187 Å². The first-order chi connectivity index (χ1) is 66.9. The first kappa shape index (κ1) is 94.8. The summed E-state index contributed by atoms with van der Waals surface area (Å²) in [6.07, 6.45) is -1.11. The van der Waals surface area contributed by atoms with Gasteiger partial charge in [0.15, 0.2) is 34.7 Å². The van der Waals surface area contributed by atoms with Crippen molar-refractivity contribution in [1.82, 2.24) is 33.8 Å². The number of nitrogens with zero attached hydrogens (tertiary/aromatic N) is 7. The van der Waals surface area contributed by atoms with Gasteiger partial charge in [0.25, 0.3) is 0 Å². The molecule has 0 amide bonds. The quantitative estimate of drug-likeness (QED) is 0.0612. The summed E-state index contributed by atoms with van der Waals surface area (Å²) in [5, 5.41) is 9.38. The molecular weight excluding hydrogens is 1810 g/mol. The van der Waals surface area contributed by atoms with Gasteiger partial charge >= 0.3 is 18.1 Å². The Hall–Kier alpha value is -15.9. The van der Waals surface area contributed by atoms with E-state index in [1.54, 1.807) is 78.3 Å². The number of pyridine rings is 1. The number of furan rings is 1. The van der Waals surface area contributed by atoms with Crippen LogP contribution in [-0.2, 0) is 31.0 Å². The lowest BCUT2D eigenvalue weighted by atomic mass is 9.86. The van der Waals surface area contributed by atoms with Crippen LogP contribution in [0.1, 0.15) is 98.0 Å². The smallest absolute Gasteiger partial charge is 0.436 e. The SMILES string of the molecule is CC(=O)c1cccn2c(-c3ccc(F)cc3)c(-c3ccc(C)cc3)nc12.COc1ccc2c(c1F)CSc1c(C(F)(F)F)nn(-c3ccc(C)cc3)c1-2.Cc1ccc(-c2oc3ccccc3c2-c2ccccc2)cc1.Cc1ccc(-c2sc3ncnn3c2-c2ccccc2)cc1.Cc1ccc(C2=C(c3ccc(F)c(F)c3)C(=O)OC2)cc1.Cc1ccc(C2=C(c3cccc(F)c3)C(=O)OC2(C)C)cc1. The van der Waals surface area contributed by atoms with Crippen LogP contribution in [0.5, 0.6) is 5.75 Å². The predicted octanol–water partition coefficient (Wildman–Crippen LogP) is 29.6. The molecule has 0 N–H and O–H groups in total. The summed E-state index contributed by atoms with van der Waals surface area (Å²) in [6.45, 7) is 17.5. The summed E-state index contributed by atoms with van der Waals surface area (Å²) in [7, 11) is 1.35. The molecule has 6 aromatic heterocycles. The van der Waals surface area contributed by atoms with Gasteiger partial charge < -0.3 is 18.6 Å². The minimum atomic E-state index is -4.60. The van der Waals surface area contributed by atoms with Gasteiger partial charge in [0.1, 0.15) is 47.2 Å². The van der Waals surface area contributed by atoms with E-state index >= 15 is 0 Å². The number of methoxy groups -OCH3 is 1. The van der Waals surface area contributed by atoms with E-state index in [1.807, 2.05) is 160 Å². The highest BCUT2D eigenvalue weighted by molar-refractivity contribution is 7.98. The van der Waals surface area contributed by atoms with Crippen molar-refractivity contribution in [3.8, 4) is 89.4 Å². The van der Waals surface area contributed by atoms with Crippen molar-refractivity contribution in [2.75, 3.05) is 13.7 Å². The molecule has 9 heterocycles. The minimum absolute atomic E-state index is 0.0140. The number of aryl methyl sites for hydroxylation is 6. The molecule has 0 spiro atoms. The lowest BCUT2D eigenvalue weighted by molar-refractivity contribution is -0.143. The first-order valence-electron chi connectivity index (χ1n) is 44.4. The number of halogens is 8. The number of hydrogen-bond acceptors (Lipinski definition) is 13. The van der Waals surface area contributed by atoms with Gasteiger partial charge in [0.05, 0.1) is 62.1 Å². The van der Waals surface area contributed by atoms with E-state index in [1.165, 1.54) is 87.8 Å². The average Bonchev–Trinajstić information content (AvgIpc) is 1.60. The van der Waals surface area contributed by atoms with Gasteiger partial charge in [-0.1, -0.05) is 275 Å². The van der Waals surface area contributed by atoms with Gasteiger partial charge in [-0.15, -0.1) is 11.8 Å². The molecule has 139 heavy (non-hydrogen) atoms. The highest BCUT2D eigenvalue weighted by Crippen LogP contribution is 2.52. The summed E-state index contributed by atoms with van der Waals surface area (Å²) in [5.41, 5.74) is 23.9. The molecule has 3 aliphatic heterocycles. The molecule has 0 saturated carbocycles. The second-order valence-corrected chi connectivity index (χ2v) is 35.9. The number of esters is 2. The van der Waals surface area contributed by atoms with Gasteiger partial charge in [-0.25, -0.2) is 50.7 Å². The molecular formula is C115H89F8N7O7S2. The first-order valence-corrected chi connectivity index (χ1v) is 46.2. The molecule has 0 unspecified atom stereocenters. The Labute approximate surface area is 804 Å². The maximum atomic E-state index is 14.7. The Morgan fingerprint density at radius 2 is 1.05 bits per heavy atom. The summed E-state index contributed by atoms with van der Waals surface area (Å²) in [6, 6.07) is 99.1. The number of benzene rings is 13. The molecule has 694 valence electrons. The molecule has 0 atom stereocenters. The highest BCUT2D eigenvalue weighted by Gasteiger charge is 2.44. The number of thiazole rings is 1. The Morgan fingerprint density at radius 1 is 0.504 bits per heavy atom. The zero-order chi connectivity index (χ0) is 97.7. The van der Waals surface area contributed by atoms with E-state index in [2.05, 4.69) is 138 Å². The molecule has 0 radical (unpaired) electrons. The van der Waals surface area contributed by atoms with E-state index in [4.69, 9.17) is 23.6 Å². The Bertz CT molecular complexity index is 7870. The van der Waals surface area contributed by atoms with Crippen molar-refractivity contribution in [3.63, 3.8) is 0 Å².